The van der Waals surface area contributed by atoms with Crippen molar-refractivity contribution in [3.05, 3.63) is 28.6 Å². The Morgan fingerprint density at radius 3 is 3.12 bits per heavy atom. The standard InChI is InChI=1S/C13H13NOS2/c1-2-8-3-4-9-10(7-8)17-12-11(9)16-6-5-14-13(12)15/h3-4,7H,2,5-6H2,1H3,(H,14,15). The second-order valence-corrected chi connectivity index (χ2v) is 6.21. The van der Waals surface area contributed by atoms with Gasteiger partial charge in [-0.3, -0.25) is 4.79 Å². The Balaban J connectivity index is 2.23. The molecule has 88 valence electrons. The van der Waals surface area contributed by atoms with Crippen LogP contribution in [0.2, 0.25) is 0 Å². The van der Waals surface area contributed by atoms with Gasteiger partial charge in [-0.25, -0.2) is 0 Å². The number of hydrogen-bond acceptors (Lipinski definition) is 3. The number of aryl methyl sites for hydroxylation is 1. The van der Waals surface area contributed by atoms with Crippen molar-refractivity contribution in [2.75, 3.05) is 12.3 Å². The Labute approximate surface area is 108 Å². The lowest BCUT2D eigenvalue weighted by molar-refractivity contribution is 0.0959. The SMILES string of the molecule is CCc1ccc2c3c(sc2c1)C(=O)NCCS3. The summed E-state index contributed by atoms with van der Waals surface area (Å²) in [7, 11) is 0. The van der Waals surface area contributed by atoms with Crippen molar-refractivity contribution in [3.63, 3.8) is 0 Å². The number of hydrogen-bond donors (Lipinski definition) is 1. The molecule has 0 fully saturated rings. The average Bonchev–Trinajstić information content (AvgIpc) is 2.62. The Morgan fingerprint density at radius 1 is 1.41 bits per heavy atom. The van der Waals surface area contributed by atoms with E-state index in [2.05, 4.69) is 30.4 Å². The van der Waals surface area contributed by atoms with Gasteiger partial charge in [0.15, 0.2) is 0 Å². The molecule has 4 heteroatoms. The third-order valence-corrected chi connectivity index (χ3v) is 5.36. The molecule has 17 heavy (non-hydrogen) atoms. The normalized spacial score (nSPS) is 15.5. The molecule has 1 N–H and O–H groups in total. The molecule has 0 saturated heterocycles. The van der Waals surface area contributed by atoms with Gasteiger partial charge < -0.3 is 5.32 Å². The highest BCUT2D eigenvalue weighted by atomic mass is 32.2. The van der Waals surface area contributed by atoms with Gasteiger partial charge in [0.25, 0.3) is 5.91 Å². The van der Waals surface area contributed by atoms with E-state index in [1.807, 2.05) is 0 Å². The molecule has 1 aromatic heterocycles. The number of carbonyl (C=O) groups is 1. The van der Waals surface area contributed by atoms with E-state index in [4.69, 9.17) is 0 Å². The Hall–Kier alpha value is -1.00. The predicted molar refractivity (Wildman–Crippen MR) is 74.3 cm³/mol. The number of thiophene rings is 1. The lowest BCUT2D eigenvalue weighted by atomic mass is 10.1. The largest absolute Gasteiger partial charge is 0.350 e. The van der Waals surface area contributed by atoms with Crippen LogP contribution in [0.4, 0.5) is 0 Å². The fourth-order valence-corrected chi connectivity index (χ4v) is 4.44. The summed E-state index contributed by atoms with van der Waals surface area (Å²) in [6, 6.07) is 6.54. The number of carbonyl (C=O) groups excluding carboxylic acids is 1. The lowest BCUT2D eigenvalue weighted by Crippen LogP contribution is -2.22. The predicted octanol–water partition coefficient (Wildman–Crippen LogP) is 3.30. The van der Waals surface area contributed by atoms with E-state index in [1.165, 1.54) is 20.5 Å². The molecule has 1 aromatic carbocycles. The minimum absolute atomic E-state index is 0.0873. The summed E-state index contributed by atoms with van der Waals surface area (Å²) in [6.45, 7) is 2.92. The summed E-state index contributed by atoms with van der Waals surface area (Å²) in [5.74, 6) is 1.05. The maximum Gasteiger partial charge on any atom is 0.262 e. The van der Waals surface area contributed by atoms with Crippen molar-refractivity contribution in [1.82, 2.24) is 5.32 Å². The number of fused-ring (bicyclic) bond motifs is 3. The molecule has 1 aliphatic rings. The molecule has 2 aromatic rings. The third-order valence-electron chi connectivity index (χ3n) is 2.96. The van der Waals surface area contributed by atoms with Gasteiger partial charge >= 0.3 is 0 Å². The van der Waals surface area contributed by atoms with Crippen LogP contribution >= 0.6 is 23.1 Å². The first-order valence-electron chi connectivity index (χ1n) is 5.76. The summed E-state index contributed by atoms with van der Waals surface area (Å²) in [6.07, 6.45) is 1.04. The molecule has 2 nitrogen and oxygen atoms in total. The van der Waals surface area contributed by atoms with Gasteiger partial charge in [-0.1, -0.05) is 19.1 Å². The fraction of sp³-hybridized carbons (Fsp3) is 0.308. The average molecular weight is 263 g/mol. The van der Waals surface area contributed by atoms with Crippen molar-refractivity contribution in [3.8, 4) is 0 Å². The second kappa shape index (κ2) is 4.35. The van der Waals surface area contributed by atoms with E-state index in [-0.39, 0.29) is 5.91 Å². The van der Waals surface area contributed by atoms with Crippen molar-refractivity contribution >= 4 is 39.1 Å². The van der Waals surface area contributed by atoms with Gasteiger partial charge in [0.2, 0.25) is 0 Å². The first-order valence-corrected chi connectivity index (χ1v) is 7.56. The molecule has 0 radical (unpaired) electrons. The van der Waals surface area contributed by atoms with Crippen LogP contribution in [-0.2, 0) is 6.42 Å². The summed E-state index contributed by atoms with van der Waals surface area (Å²) < 4.78 is 1.24. The van der Waals surface area contributed by atoms with Crippen LogP contribution in [0.1, 0.15) is 22.2 Å². The smallest absolute Gasteiger partial charge is 0.262 e. The summed E-state index contributed by atoms with van der Waals surface area (Å²) >= 11 is 3.41. The topological polar surface area (TPSA) is 29.1 Å². The zero-order chi connectivity index (χ0) is 11.8. The minimum atomic E-state index is 0.0873. The van der Waals surface area contributed by atoms with Gasteiger partial charge in [-0.05, 0) is 18.1 Å². The highest BCUT2D eigenvalue weighted by Crippen LogP contribution is 2.39. The van der Waals surface area contributed by atoms with Crippen LogP contribution in [-0.4, -0.2) is 18.2 Å². The van der Waals surface area contributed by atoms with E-state index in [1.54, 1.807) is 23.1 Å². The number of benzene rings is 1. The molecule has 0 saturated carbocycles. The number of nitrogens with one attached hydrogen (secondary N) is 1. The highest BCUT2D eigenvalue weighted by molar-refractivity contribution is 7.99. The van der Waals surface area contributed by atoms with Gasteiger partial charge in [0.05, 0.1) is 0 Å². The summed E-state index contributed by atoms with van der Waals surface area (Å²) in [5.41, 5.74) is 1.33. The maximum absolute atomic E-state index is 11.9. The molecule has 1 amide bonds. The number of rotatable bonds is 1. The Kier molecular flexibility index (Phi) is 2.84. The first kappa shape index (κ1) is 11.1. The van der Waals surface area contributed by atoms with Crippen LogP contribution < -0.4 is 5.32 Å². The summed E-state index contributed by atoms with van der Waals surface area (Å²) in [4.78, 5) is 14.0. The Morgan fingerprint density at radius 2 is 2.29 bits per heavy atom. The minimum Gasteiger partial charge on any atom is -0.350 e. The zero-order valence-corrected chi connectivity index (χ0v) is 11.2. The van der Waals surface area contributed by atoms with Crippen LogP contribution in [0.5, 0.6) is 0 Å². The van der Waals surface area contributed by atoms with Gasteiger partial charge in [0, 0.05) is 27.3 Å². The van der Waals surface area contributed by atoms with E-state index in [0.717, 1.165) is 23.6 Å². The third kappa shape index (κ3) is 1.85. The molecular formula is C13H13NOS2. The quantitative estimate of drug-likeness (QED) is 0.855. The van der Waals surface area contributed by atoms with Crippen molar-refractivity contribution < 1.29 is 4.79 Å². The molecular weight excluding hydrogens is 250 g/mol. The van der Waals surface area contributed by atoms with E-state index in [0.29, 0.717) is 0 Å². The molecule has 0 bridgehead atoms. The van der Waals surface area contributed by atoms with Gasteiger partial charge in [-0.15, -0.1) is 23.1 Å². The van der Waals surface area contributed by atoms with E-state index >= 15 is 0 Å². The molecule has 2 heterocycles. The maximum atomic E-state index is 11.9. The second-order valence-electron chi connectivity index (χ2n) is 4.05. The molecule has 0 spiro atoms. The Bertz CT molecular complexity index is 588. The molecule has 1 aliphatic heterocycles. The molecule has 0 aliphatic carbocycles. The van der Waals surface area contributed by atoms with E-state index in [9.17, 15) is 4.79 Å². The van der Waals surface area contributed by atoms with Crippen LogP contribution in [0, 0.1) is 0 Å². The first-order chi connectivity index (χ1) is 8.29. The van der Waals surface area contributed by atoms with E-state index < -0.39 is 0 Å². The zero-order valence-electron chi connectivity index (χ0n) is 9.58. The van der Waals surface area contributed by atoms with Crippen molar-refractivity contribution in [2.45, 2.75) is 18.2 Å². The van der Waals surface area contributed by atoms with Crippen LogP contribution in [0.3, 0.4) is 0 Å². The van der Waals surface area contributed by atoms with Crippen molar-refractivity contribution in [1.29, 1.82) is 0 Å². The lowest BCUT2D eigenvalue weighted by Gasteiger charge is -1.99. The highest BCUT2D eigenvalue weighted by Gasteiger charge is 2.21. The monoisotopic (exact) mass is 263 g/mol. The molecule has 0 atom stereocenters. The fourth-order valence-electron chi connectivity index (χ4n) is 2.03. The molecule has 3 rings (SSSR count). The number of thioether (sulfide) groups is 1. The van der Waals surface area contributed by atoms with Crippen molar-refractivity contribution in [2.24, 2.45) is 0 Å². The summed E-state index contributed by atoms with van der Waals surface area (Å²) in [5, 5.41) is 4.18. The van der Waals surface area contributed by atoms with Gasteiger partial charge in [0.1, 0.15) is 4.88 Å². The van der Waals surface area contributed by atoms with Gasteiger partial charge in [-0.2, -0.15) is 0 Å². The molecule has 0 unspecified atom stereocenters. The number of amides is 1. The van der Waals surface area contributed by atoms with Crippen LogP contribution in [0.15, 0.2) is 23.1 Å². The van der Waals surface area contributed by atoms with Crippen LogP contribution in [0.25, 0.3) is 10.1 Å².